The third-order valence-corrected chi connectivity index (χ3v) is 7.00. The maximum Gasteiger partial charge on any atom is 0.264 e. The van der Waals surface area contributed by atoms with E-state index in [1.807, 2.05) is 57.2 Å². The molecule has 0 aromatic heterocycles. The molecule has 0 aliphatic carbocycles. The first-order valence-corrected chi connectivity index (χ1v) is 11.7. The van der Waals surface area contributed by atoms with E-state index in [0.717, 1.165) is 26.6 Å². The van der Waals surface area contributed by atoms with E-state index in [-0.39, 0.29) is 4.90 Å². The molecule has 0 fully saturated rings. The lowest BCUT2D eigenvalue weighted by Crippen LogP contribution is -2.39. The maximum absolute atomic E-state index is 13.4. The summed E-state index contributed by atoms with van der Waals surface area (Å²) in [5.41, 5.74) is 7.32. The van der Waals surface area contributed by atoms with E-state index < -0.39 is 22.5 Å². The van der Waals surface area contributed by atoms with E-state index in [4.69, 9.17) is 0 Å². The van der Waals surface area contributed by atoms with E-state index in [1.54, 1.807) is 43.3 Å². The van der Waals surface area contributed by atoms with Gasteiger partial charge in [-0.1, -0.05) is 54.1 Å². The Kier molecular flexibility index (Phi) is 7.10. The number of carbonyl (C=O) groups excluding carboxylic acids is 1. The van der Waals surface area contributed by atoms with Crippen LogP contribution >= 0.6 is 0 Å². The number of carbonyl (C=O) groups is 1. The number of aryl methyl sites for hydroxylation is 3. The molecule has 0 saturated heterocycles. The summed E-state index contributed by atoms with van der Waals surface area (Å²) in [6.45, 7) is 7.12. The van der Waals surface area contributed by atoms with Crippen molar-refractivity contribution in [1.82, 2.24) is 5.43 Å². The Balaban J connectivity index is 1.91. The van der Waals surface area contributed by atoms with Gasteiger partial charge in [0.1, 0.15) is 6.54 Å². The van der Waals surface area contributed by atoms with Gasteiger partial charge in [-0.3, -0.25) is 9.10 Å². The average Bonchev–Trinajstić information content (AvgIpc) is 2.78. The van der Waals surface area contributed by atoms with Crippen molar-refractivity contribution in [3.63, 3.8) is 0 Å². The van der Waals surface area contributed by atoms with Crippen molar-refractivity contribution < 1.29 is 13.2 Å². The lowest BCUT2D eigenvalue weighted by atomic mass is 10.1. The van der Waals surface area contributed by atoms with Crippen molar-refractivity contribution in [1.29, 1.82) is 0 Å². The number of benzene rings is 3. The number of hydrazone groups is 1. The number of sulfonamides is 1. The van der Waals surface area contributed by atoms with Crippen LogP contribution in [0.5, 0.6) is 0 Å². The smallest absolute Gasteiger partial charge is 0.264 e. The molecule has 0 radical (unpaired) electrons. The van der Waals surface area contributed by atoms with Crippen LogP contribution in [-0.4, -0.2) is 26.6 Å². The van der Waals surface area contributed by atoms with Gasteiger partial charge in [-0.2, -0.15) is 5.10 Å². The summed E-state index contributed by atoms with van der Waals surface area (Å²) in [6, 6.07) is 21.3. The molecular formula is C25H27N3O3S. The second-order valence-corrected chi connectivity index (χ2v) is 9.55. The van der Waals surface area contributed by atoms with Gasteiger partial charge < -0.3 is 0 Å². The van der Waals surface area contributed by atoms with Crippen LogP contribution in [0.3, 0.4) is 0 Å². The molecule has 0 saturated carbocycles. The minimum atomic E-state index is -3.96. The van der Waals surface area contributed by atoms with Gasteiger partial charge in [0.15, 0.2) is 0 Å². The van der Waals surface area contributed by atoms with Crippen molar-refractivity contribution in [2.24, 2.45) is 5.10 Å². The Morgan fingerprint density at radius 2 is 1.56 bits per heavy atom. The first-order valence-electron chi connectivity index (χ1n) is 10.2. The normalized spacial score (nSPS) is 11.8. The molecule has 0 heterocycles. The van der Waals surface area contributed by atoms with Gasteiger partial charge in [0.05, 0.1) is 16.3 Å². The molecule has 3 aromatic rings. The SMILES string of the molecule is C/C(=N/NC(=O)CN(c1ccc(C)c(C)c1)S(=O)(=O)c1ccc(C)cc1)c1ccccc1. The largest absolute Gasteiger partial charge is 0.271 e. The quantitative estimate of drug-likeness (QED) is 0.430. The fourth-order valence-electron chi connectivity index (χ4n) is 3.09. The zero-order valence-corrected chi connectivity index (χ0v) is 19.5. The van der Waals surface area contributed by atoms with Crippen molar-refractivity contribution in [2.45, 2.75) is 32.6 Å². The number of anilines is 1. The summed E-state index contributed by atoms with van der Waals surface area (Å²) in [4.78, 5) is 12.8. The molecule has 0 aliphatic rings. The summed E-state index contributed by atoms with van der Waals surface area (Å²) in [7, 11) is -3.96. The third kappa shape index (κ3) is 5.42. The minimum absolute atomic E-state index is 0.123. The van der Waals surface area contributed by atoms with Crippen molar-refractivity contribution in [3.8, 4) is 0 Å². The summed E-state index contributed by atoms with van der Waals surface area (Å²) in [6.07, 6.45) is 0. The lowest BCUT2D eigenvalue weighted by molar-refractivity contribution is -0.119. The predicted octanol–water partition coefficient (Wildman–Crippen LogP) is 4.35. The summed E-state index contributed by atoms with van der Waals surface area (Å²) < 4.78 is 28.0. The van der Waals surface area contributed by atoms with Gasteiger partial charge in [0, 0.05) is 0 Å². The lowest BCUT2D eigenvalue weighted by Gasteiger charge is -2.24. The van der Waals surface area contributed by atoms with E-state index in [2.05, 4.69) is 10.5 Å². The average molecular weight is 450 g/mol. The number of hydrogen-bond acceptors (Lipinski definition) is 4. The van der Waals surface area contributed by atoms with Crippen LogP contribution in [0.25, 0.3) is 0 Å². The first kappa shape index (κ1) is 23.2. The van der Waals surface area contributed by atoms with Gasteiger partial charge >= 0.3 is 0 Å². The number of rotatable bonds is 7. The van der Waals surface area contributed by atoms with Gasteiger partial charge in [0.2, 0.25) is 0 Å². The maximum atomic E-state index is 13.4. The summed E-state index contributed by atoms with van der Waals surface area (Å²) in [5.74, 6) is -0.533. The van der Waals surface area contributed by atoms with Crippen LogP contribution < -0.4 is 9.73 Å². The molecule has 3 rings (SSSR count). The summed E-state index contributed by atoms with van der Waals surface area (Å²) >= 11 is 0. The Bertz CT molecular complexity index is 1240. The Morgan fingerprint density at radius 3 is 2.19 bits per heavy atom. The molecule has 0 atom stereocenters. The molecular weight excluding hydrogens is 422 g/mol. The molecule has 0 spiro atoms. The van der Waals surface area contributed by atoms with E-state index >= 15 is 0 Å². The standard InChI is InChI=1S/C25H27N3O3S/c1-18-10-14-24(15-11-18)32(30,31)28(23-13-12-19(2)20(3)16-23)17-25(29)27-26-21(4)22-8-6-5-7-9-22/h5-16H,17H2,1-4H3,(H,27,29)/b26-21-. The van der Waals surface area contributed by atoms with Crippen molar-refractivity contribution in [2.75, 3.05) is 10.8 Å². The van der Waals surface area contributed by atoms with Crippen LogP contribution in [0.1, 0.15) is 29.2 Å². The second-order valence-electron chi connectivity index (χ2n) is 7.69. The third-order valence-electron chi connectivity index (χ3n) is 5.21. The zero-order valence-electron chi connectivity index (χ0n) is 18.7. The molecule has 1 N–H and O–H groups in total. The highest BCUT2D eigenvalue weighted by Crippen LogP contribution is 2.26. The fourth-order valence-corrected chi connectivity index (χ4v) is 4.50. The molecule has 0 bridgehead atoms. The van der Waals surface area contributed by atoms with Crippen molar-refractivity contribution in [3.05, 3.63) is 95.1 Å². The number of nitrogens with one attached hydrogen (secondary N) is 1. The van der Waals surface area contributed by atoms with E-state index in [1.165, 1.54) is 0 Å². The molecule has 6 nitrogen and oxygen atoms in total. The van der Waals surface area contributed by atoms with E-state index in [9.17, 15) is 13.2 Å². The molecule has 0 aliphatic heterocycles. The molecule has 32 heavy (non-hydrogen) atoms. The van der Waals surface area contributed by atoms with Crippen LogP contribution in [0, 0.1) is 20.8 Å². The Hall–Kier alpha value is -3.45. The van der Waals surface area contributed by atoms with Crippen molar-refractivity contribution >= 4 is 27.3 Å². The Labute approximate surface area is 189 Å². The first-order chi connectivity index (χ1) is 15.2. The monoisotopic (exact) mass is 449 g/mol. The Morgan fingerprint density at radius 1 is 0.906 bits per heavy atom. The van der Waals surface area contributed by atoms with E-state index in [0.29, 0.717) is 11.4 Å². The zero-order chi connectivity index (χ0) is 23.3. The molecule has 3 aromatic carbocycles. The molecule has 0 unspecified atom stereocenters. The fraction of sp³-hybridized carbons (Fsp3) is 0.200. The minimum Gasteiger partial charge on any atom is -0.271 e. The predicted molar refractivity (Wildman–Crippen MR) is 128 cm³/mol. The number of hydrogen-bond donors (Lipinski definition) is 1. The summed E-state index contributed by atoms with van der Waals surface area (Å²) in [5, 5.41) is 4.13. The van der Waals surface area contributed by atoms with Crippen LogP contribution in [0.15, 0.2) is 82.8 Å². The van der Waals surface area contributed by atoms with Gasteiger partial charge in [-0.05, 0) is 68.7 Å². The highest BCUT2D eigenvalue weighted by atomic mass is 32.2. The number of nitrogens with zero attached hydrogens (tertiary/aromatic N) is 2. The molecule has 7 heteroatoms. The second kappa shape index (κ2) is 9.78. The van der Waals surface area contributed by atoms with Crippen LogP contribution in [-0.2, 0) is 14.8 Å². The highest BCUT2D eigenvalue weighted by molar-refractivity contribution is 7.92. The molecule has 166 valence electrons. The molecule has 1 amide bonds. The highest BCUT2D eigenvalue weighted by Gasteiger charge is 2.27. The van der Waals surface area contributed by atoms with Gasteiger partial charge in [-0.25, -0.2) is 13.8 Å². The van der Waals surface area contributed by atoms with Gasteiger partial charge in [-0.15, -0.1) is 0 Å². The van der Waals surface area contributed by atoms with Crippen LogP contribution in [0.4, 0.5) is 5.69 Å². The van der Waals surface area contributed by atoms with Gasteiger partial charge in [0.25, 0.3) is 15.9 Å². The topological polar surface area (TPSA) is 78.8 Å². The van der Waals surface area contributed by atoms with Crippen LogP contribution in [0.2, 0.25) is 0 Å². The number of amides is 1.